The first kappa shape index (κ1) is 17.9. The van der Waals surface area contributed by atoms with Crippen LogP contribution in [0.25, 0.3) is 17.0 Å². The second kappa shape index (κ2) is 7.24. The lowest BCUT2D eigenvalue weighted by Gasteiger charge is -2.22. The van der Waals surface area contributed by atoms with E-state index in [0.29, 0.717) is 10.8 Å². The summed E-state index contributed by atoms with van der Waals surface area (Å²) < 4.78 is 2.26. The van der Waals surface area contributed by atoms with Crippen molar-refractivity contribution < 1.29 is 9.59 Å². The molecule has 5 heteroatoms. The molecule has 0 saturated carbocycles. The van der Waals surface area contributed by atoms with Crippen molar-refractivity contribution in [1.82, 2.24) is 9.88 Å². The SMILES string of the molecule is C=C(C)C1CC=C(Cn2ccc3c(/C=C4\SC(=O)NC4=O)cccc32)CC1. The molecule has 1 aliphatic carbocycles. The number of hydrogen-bond donors (Lipinski definition) is 1. The summed E-state index contributed by atoms with van der Waals surface area (Å²) in [5.41, 5.74) is 4.84. The zero-order chi connectivity index (χ0) is 19.0. The molecule has 1 unspecified atom stereocenters. The van der Waals surface area contributed by atoms with Crippen LogP contribution in [0, 0.1) is 5.92 Å². The summed E-state index contributed by atoms with van der Waals surface area (Å²) in [4.78, 5) is 23.7. The van der Waals surface area contributed by atoms with E-state index >= 15 is 0 Å². The quantitative estimate of drug-likeness (QED) is 0.583. The molecule has 0 radical (unpaired) electrons. The Bertz CT molecular complexity index is 1010. The van der Waals surface area contributed by atoms with Gasteiger partial charge in [-0.25, -0.2) is 0 Å². The molecule has 0 bridgehead atoms. The standard InChI is InChI=1S/C22H22N2O2S/c1-14(2)16-8-6-15(7-9-16)13-24-11-10-18-17(4-3-5-19(18)24)12-20-21(25)23-22(26)27-20/h3-6,10-12,16H,1,7-9,13H2,2H3,(H,23,25,26)/b20-12-. The molecular formula is C22H22N2O2S. The summed E-state index contributed by atoms with van der Waals surface area (Å²) in [6, 6.07) is 8.16. The molecule has 27 heavy (non-hydrogen) atoms. The van der Waals surface area contributed by atoms with Crippen LogP contribution < -0.4 is 5.32 Å². The first-order chi connectivity index (χ1) is 13.0. The Hall–Kier alpha value is -2.53. The summed E-state index contributed by atoms with van der Waals surface area (Å²) in [5, 5.41) is 3.08. The van der Waals surface area contributed by atoms with E-state index in [1.54, 1.807) is 6.08 Å². The fraction of sp³-hybridized carbons (Fsp3) is 0.273. The minimum absolute atomic E-state index is 0.312. The molecular weight excluding hydrogens is 356 g/mol. The predicted molar refractivity (Wildman–Crippen MR) is 111 cm³/mol. The Balaban J connectivity index is 1.60. The van der Waals surface area contributed by atoms with Crippen LogP contribution in [-0.4, -0.2) is 15.7 Å². The van der Waals surface area contributed by atoms with Gasteiger partial charge in [0.05, 0.1) is 4.91 Å². The third-order valence-electron chi connectivity index (χ3n) is 5.35. The molecule has 0 spiro atoms. The lowest BCUT2D eigenvalue weighted by molar-refractivity contribution is -0.115. The Labute approximate surface area is 163 Å². The largest absolute Gasteiger partial charge is 0.343 e. The van der Waals surface area contributed by atoms with Crippen molar-refractivity contribution >= 4 is 39.9 Å². The van der Waals surface area contributed by atoms with Crippen molar-refractivity contribution in [1.29, 1.82) is 0 Å². The summed E-state index contributed by atoms with van der Waals surface area (Å²) in [5.74, 6) is 0.298. The van der Waals surface area contributed by atoms with Crippen LogP contribution >= 0.6 is 11.8 Å². The first-order valence-electron chi connectivity index (χ1n) is 9.17. The number of nitrogens with one attached hydrogen (secondary N) is 1. The van der Waals surface area contributed by atoms with E-state index in [1.807, 2.05) is 12.1 Å². The molecule has 1 aliphatic heterocycles. The van der Waals surface area contributed by atoms with Gasteiger partial charge in [-0.15, -0.1) is 0 Å². The van der Waals surface area contributed by atoms with E-state index in [1.165, 1.54) is 17.6 Å². The second-order valence-corrected chi connectivity index (χ2v) is 8.27. The molecule has 2 amide bonds. The van der Waals surface area contributed by atoms with Crippen molar-refractivity contribution in [2.24, 2.45) is 5.92 Å². The molecule has 1 saturated heterocycles. The summed E-state index contributed by atoms with van der Waals surface area (Å²) in [6.07, 6.45) is 9.64. The van der Waals surface area contributed by atoms with Gasteiger partial charge in [0.15, 0.2) is 0 Å². The Morgan fingerprint density at radius 3 is 2.89 bits per heavy atom. The van der Waals surface area contributed by atoms with Gasteiger partial charge in [0.2, 0.25) is 0 Å². The van der Waals surface area contributed by atoms with Crippen molar-refractivity contribution in [2.45, 2.75) is 32.7 Å². The number of imide groups is 1. The van der Waals surface area contributed by atoms with Gasteiger partial charge in [-0.05, 0) is 67.6 Å². The fourth-order valence-electron chi connectivity index (χ4n) is 3.77. The van der Waals surface area contributed by atoms with Crippen LogP contribution in [0.3, 0.4) is 0 Å². The Kier molecular flexibility index (Phi) is 4.79. The van der Waals surface area contributed by atoms with Gasteiger partial charge in [-0.3, -0.25) is 14.9 Å². The molecule has 4 rings (SSSR count). The van der Waals surface area contributed by atoms with Gasteiger partial charge in [0.1, 0.15) is 0 Å². The average Bonchev–Trinajstić information content (AvgIpc) is 3.19. The normalized spacial score (nSPS) is 21.6. The van der Waals surface area contributed by atoms with Crippen molar-refractivity contribution in [3.8, 4) is 0 Å². The molecule has 1 aromatic carbocycles. The summed E-state index contributed by atoms with van der Waals surface area (Å²) in [6.45, 7) is 7.10. The number of benzene rings is 1. The Morgan fingerprint density at radius 2 is 2.22 bits per heavy atom. The minimum Gasteiger partial charge on any atom is -0.343 e. The van der Waals surface area contributed by atoms with Gasteiger partial charge in [0, 0.05) is 23.6 Å². The third-order valence-corrected chi connectivity index (χ3v) is 6.16. The number of thioether (sulfide) groups is 1. The number of fused-ring (bicyclic) bond motifs is 1. The zero-order valence-corrected chi connectivity index (χ0v) is 16.1. The molecule has 1 aromatic heterocycles. The van der Waals surface area contributed by atoms with Crippen LogP contribution in [0.2, 0.25) is 0 Å². The number of hydrogen-bond acceptors (Lipinski definition) is 3. The predicted octanol–water partition coefficient (Wildman–Crippen LogP) is 5.27. The maximum atomic E-state index is 11.8. The number of amides is 2. The summed E-state index contributed by atoms with van der Waals surface area (Å²) in [7, 11) is 0. The second-order valence-electron chi connectivity index (χ2n) is 7.26. The molecule has 1 atom stereocenters. The van der Waals surface area contributed by atoms with Crippen LogP contribution in [0.15, 0.2) is 59.2 Å². The molecule has 1 N–H and O–H groups in total. The Morgan fingerprint density at radius 1 is 1.37 bits per heavy atom. The van der Waals surface area contributed by atoms with Crippen LogP contribution in [-0.2, 0) is 11.3 Å². The average molecular weight is 378 g/mol. The summed E-state index contributed by atoms with van der Waals surface area (Å²) >= 11 is 0.953. The lowest BCUT2D eigenvalue weighted by Crippen LogP contribution is -2.17. The smallest absolute Gasteiger partial charge is 0.290 e. The zero-order valence-electron chi connectivity index (χ0n) is 15.3. The van der Waals surface area contributed by atoms with Crippen LogP contribution in [0.1, 0.15) is 31.7 Å². The number of rotatable bonds is 4. The van der Waals surface area contributed by atoms with Gasteiger partial charge >= 0.3 is 0 Å². The molecule has 1 fully saturated rings. The molecule has 2 heterocycles. The van der Waals surface area contributed by atoms with Crippen molar-refractivity contribution in [2.75, 3.05) is 0 Å². The first-order valence-corrected chi connectivity index (χ1v) is 9.99. The molecule has 2 aliphatic rings. The van der Waals surface area contributed by atoms with Crippen molar-refractivity contribution in [3.63, 3.8) is 0 Å². The number of aromatic nitrogens is 1. The van der Waals surface area contributed by atoms with Gasteiger partial charge < -0.3 is 4.57 Å². The third kappa shape index (κ3) is 3.65. The maximum Gasteiger partial charge on any atom is 0.290 e. The van der Waals surface area contributed by atoms with E-state index in [2.05, 4.69) is 47.8 Å². The number of nitrogens with zero attached hydrogens (tertiary/aromatic N) is 1. The number of carbonyl (C=O) groups is 2. The van der Waals surface area contributed by atoms with E-state index in [4.69, 9.17) is 0 Å². The number of carbonyl (C=O) groups excluding carboxylic acids is 2. The monoisotopic (exact) mass is 378 g/mol. The van der Waals surface area contributed by atoms with E-state index < -0.39 is 0 Å². The minimum atomic E-state index is -0.319. The van der Waals surface area contributed by atoms with E-state index in [0.717, 1.165) is 47.6 Å². The molecule has 2 aromatic rings. The van der Waals surface area contributed by atoms with Crippen molar-refractivity contribution in [3.05, 3.63) is 64.7 Å². The number of allylic oxidation sites excluding steroid dienone is 3. The van der Waals surface area contributed by atoms with Gasteiger partial charge in [0.25, 0.3) is 11.1 Å². The van der Waals surface area contributed by atoms with E-state index in [9.17, 15) is 9.59 Å². The van der Waals surface area contributed by atoms with Crippen LogP contribution in [0.5, 0.6) is 0 Å². The van der Waals surface area contributed by atoms with Crippen LogP contribution in [0.4, 0.5) is 4.79 Å². The highest BCUT2D eigenvalue weighted by Crippen LogP contribution is 2.31. The maximum absolute atomic E-state index is 11.8. The van der Waals surface area contributed by atoms with Gasteiger partial charge in [-0.1, -0.05) is 35.9 Å². The highest BCUT2D eigenvalue weighted by Gasteiger charge is 2.25. The molecule has 138 valence electrons. The lowest BCUT2D eigenvalue weighted by atomic mass is 9.85. The molecule has 4 nitrogen and oxygen atoms in total. The highest BCUT2D eigenvalue weighted by atomic mass is 32.2. The fourth-order valence-corrected chi connectivity index (χ4v) is 4.44. The van der Waals surface area contributed by atoms with Gasteiger partial charge in [-0.2, -0.15) is 0 Å². The highest BCUT2D eigenvalue weighted by molar-refractivity contribution is 8.18. The van der Waals surface area contributed by atoms with E-state index in [-0.39, 0.29) is 11.1 Å². The topological polar surface area (TPSA) is 51.1 Å².